The molecule has 0 saturated heterocycles. The topological polar surface area (TPSA) is 67.4 Å². The van der Waals surface area contributed by atoms with Crippen molar-refractivity contribution in [2.75, 3.05) is 31.2 Å². The molecule has 7 heteroatoms. The molecule has 18 heavy (non-hydrogen) atoms. The molecule has 0 atom stereocenters. The molecule has 1 rings (SSSR count). The zero-order valence-electron chi connectivity index (χ0n) is 10.4. The molecule has 0 aliphatic heterocycles. The molecule has 0 spiro atoms. The van der Waals surface area contributed by atoms with Crippen LogP contribution in [-0.4, -0.2) is 34.9 Å². The first kappa shape index (κ1) is 15.3. The van der Waals surface area contributed by atoms with Crippen LogP contribution in [0.4, 0.5) is 5.69 Å². The Balaban J connectivity index is 2.79. The van der Waals surface area contributed by atoms with Gasteiger partial charge in [0.25, 0.3) is 0 Å². The first-order valence-corrected chi connectivity index (χ1v) is 7.91. The second-order valence-electron chi connectivity index (χ2n) is 3.72. The highest BCUT2D eigenvalue weighted by Gasteiger charge is 2.13. The smallest absolute Gasteiger partial charge is 0.232 e. The van der Waals surface area contributed by atoms with Gasteiger partial charge in [0.1, 0.15) is 5.75 Å². The second-order valence-corrected chi connectivity index (χ2v) is 6.48. The van der Waals surface area contributed by atoms with Crippen molar-refractivity contribution in [2.45, 2.75) is 6.42 Å². The van der Waals surface area contributed by atoms with Gasteiger partial charge in [-0.15, -0.1) is 0 Å². The van der Waals surface area contributed by atoms with Crippen molar-refractivity contribution in [3.8, 4) is 5.75 Å². The van der Waals surface area contributed by atoms with E-state index < -0.39 is 10.0 Å². The Kier molecular flexibility index (Phi) is 5.90. The molecule has 0 heterocycles. The Bertz CT molecular complexity index is 491. The number of sulfonamides is 1. The first-order chi connectivity index (χ1) is 8.48. The van der Waals surface area contributed by atoms with Crippen LogP contribution in [0.25, 0.3) is 0 Å². The Morgan fingerprint density at radius 1 is 1.39 bits per heavy atom. The summed E-state index contributed by atoms with van der Waals surface area (Å²) in [6.45, 7) is 0.663. The molecule has 0 amide bonds. The SMILES string of the molecule is CNCCCS(=O)(=O)Nc1cc(Br)ccc1OC. The van der Waals surface area contributed by atoms with Crippen LogP contribution in [-0.2, 0) is 10.0 Å². The van der Waals surface area contributed by atoms with E-state index in [-0.39, 0.29) is 5.75 Å². The molecular weight excluding hydrogens is 320 g/mol. The molecule has 0 aliphatic carbocycles. The van der Waals surface area contributed by atoms with Crippen molar-refractivity contribution >= 4 is 31.6 Å². The fraction of sp³-hybridized carbons (Fsp3) is 0.455. The number of rotatable bonds is 7. The van der Waals surface area contributed by atoms with Crippen LogP contribution in [0.1, 0.15) is 6.42 Å². The third kappa shape index (κ3) is 4.83. The molecule has 0 saturated carbocycles. The van der Waals surface area contributed by atoms with Crippen molar-refractivity contribution in [3.05, 3.63) is 22.7 Å². The number of hydrogen-bond donors (Lipinski definition) is 2. The fourth-order valence-electron chi connectivity index (χ4n) is 1.42. The Morgan fingerprint density at radius 3 is 2.72 bits per heavy atom. The molecule has 0 aromatic heterocycles. The second kappa shape index (κ2) is 6.96. The van der Waals surface area contributed by atoms with Crippen LogP contribution in [0, 0.1) is 0 Å². The number of halogens is 1. The van der Waals surface area contributed by atoms with Crippen LogP contribution >= 0.6 is 15.9 Å². The van der Waals surface area contributed by atoms with Crippen molar-refractivity contribution in [1.82, 2.24) is 5.32 Å². The quantitative estimate of drug-likeness (QED) is 0.745. The number of nitrogens with one attached hydrogen (secondary N) is 2. The number of methoxy groups -OCH3 is 1. The van der Waals surface area contributed by atoms with Gasteiger partial charge in [0.05, 0.1) is 18.6 Å². The molecule has 1 aromatic carbocycles. The highest BCUT2D eigenvalue weighted by Crippen LogP contribution is 2.28. The summed E-state index contributed by atoms with van der Waals surface area (Å²) in [5.74, 6) is 0.569. The molecular formula is C11H17BrN2O3S. The van der Waals surface area contributed by atoms with Crippen molar-refractivity contribution in [2.24, 2.45) is 0 Å². The van der Waals surface area contributed by atoms with Gasteiger partial charge < -0.3 is 10.1 Å². The van der Waals surface area contributed by atoms with E-state index in [1.54, 1.807) is 25.2 Å². The van der Waals surface area contributed by atoms with Crippen LogP contribution in [0.15, 0.2) is 22.7 Å². The van der Waals surface area contributed by atoms with Gasteiger partial charge in [-0.05, 0) is 38.2 Å². The summed E-state index contributed by atoms with van der Waals surface area (Å²) in [5.41, 5.74) is 0.441. The van der Waals surface area contributed by atoms with Crippen molar-refractivity contribution in [3.63, 3.8) is 0 Å². The van der Waals surface area contributed by atoms with Crippen LogP contribution in [0.3, 0.4) is 0 Å². The average molecular weight is 337 g/mol. The van der Waals surface area contributed by atoms with E-state index in [4.69, 9.17) is 4.74 Å². The van der Waals surface area contributed by atoms with Crippen LogP contribution in [0.2, 0.25) is 0 Å². The molecule has 102 valence electrons. The Labute approximate surface area is 116 Å². The molecule has 5 nitrogen and oxygen atoms in total. The summed E-state index contributed by atoms with van der Waals surface area (Å²) >= 11 is 3.30. The predicted octanol–water partition coefficient (Wildman–Crippen LogP) is 1.81. The third-order valence-corrected chi connectivity index (χ3v) is 4.12. The standard InChI is InChI=1S/C11H17BrN2O3S/c1-13-6-3-7-18(15,16)14-10-8-9(12)4-5-11(10)17-2/h4-5,8,13-14H,3,6-7H2,1-2H3. The minimum Gasteiger partial charge on any atom is -0.495 e. The van der Waals surface area contributed by atoms with E-state index in [0.29, 0.717) is 24.4 Å². The number of anilines is 1. The van der Waals surface area contributed by atoms with Gasteiger partial charge in [0.15, 0.2) is 0 Å². The van der Waals surface area contributed by atoms with Gasteiger partial charge in [-0.25, -0.2) is 8.42 Å². The van der Waals surface area contributed by atoms with Gasteiger partial charge in [0, 0.05) is 4.47 Å². The largest absolute Gasteiger partial charge is 0.495 e. The zero-order valence-corrected chi connectivity index (χ0v) is 12.8. The van der Waals surface area contributed by atoms with Gasteiger partial charge in [-0.3, -0.25) is 4.72 Å². The molecule has 0 fully saturated rings. The third-order valence-electron chi connectivity index (χ3n) is 2.27. The fourth-order valence-corrected chi connectivity index (χ4v) is 2.90. The first-order valence-electron chi connectivity index (χ1n) is 5.47. The number of hydrogen-bond acceptors (Lipinski definition) is 4. The monoisotopic (exact) mass is 336 g/mol. The molecule has 2 N–H and O–H groups in total. The van der Waals surface area contributed by atoms with Gasteiger partial charge >= 0.3 is 0 Å². The summed E-state index contributed by atoms with van der Waals surface area (Å²) in [5, 5.41) is 2.91. The lowest BCUT2D eigenvalue weighted by molar-refractivity contribution is 0.417. The van der Waals surface area contributed by atoms with Crippen molar-refractivity contribution < 1.29 is 13.2 Å². The lowest BCUT2D eigenvalue weighted by Crippen LogP contribution is -2.20. The van der Waals surface area contributed by atoms with Crippen LogP contribution < -0.4 is 14.8 Å². The summed E-state index contributed by atoms with van der Waals surface area (Å²) in [4.78, 5) is 0. The lowest BCUT2D eigenvalue weighted by Gasteiger charge is -2.12. The van der Waals surface area contributed by atoms with Gasteiger partial charge in [-0.1, -0.05) is 15.9 Å². The maximum atomic E-state index is 11.8. The molecule has 0 radical (unpaired) electrons. The average Bonchev–Trinajstić information content (AvgIpc) is 2.29. The Morgan fingerprint density at radius 2 is 2.11 bits per heavy atom. The molecule has 0 unspecified atom stereocenters. The van der Waals surface area contributed by atoms with Crippen LogP contribution in [0.5, 0.6) is 5.75 Å². The zero-order chi connectivity index (χ0) is 13.6. The molecule has 0 aliphatic rings. The Hall–Kier alpha value is -0.790. The van der Waals surface area contributed by atoms with Gasteiger partial charge in [-0.2, -0.15) is 0 Å². The summed E-state index contributed by atoms with van der Waals surface area (Å²) in [6, 6.07) is 5.17. The van der Waals surface area contributed by atoms with Crippen molar-refractivity contribution in [1.29, 1.82) is 0 Å². The molecule has 1 aromatic rings. The predicted molar refractivity (Wildman–Crippen MR) is 76.6 cm³/mol. The minimum absolute atomic E-state index is 0.0729. The van der Waals surface area contributed by atoms with E-state index in [1.807, 2.05) is 0 Å². The number of benzene rings is 1. The van der Waals surface area contributed by atoms with E-state index in [9.17, 15) is 8.42 Å². The molecule has 0 bridgehead atoms. The summed E-state index contributed by atoms with van der Waals surface area (Å²) < 4.78 is 32.1. The highest BCUT2D eigenvalue weighted by atomic mass is 79.9. The minimum atomic E-state index is -3.35. The maximum absolute atomic E-state index is 11.8. The normalized spacial score (nSPS) is 11.3. The highest BCUT2D eigenvalue weighted by molar-refractivity contribution is 9.10. The van der Waals surface area contributed by atoms with E-state index in [2.05, 4.69) is 26.0 Å². The van der Waals surface area contributed by atoms with E-state index in [1.165, 1.54) is 7.11 Å². The maximum Gasteiger partial charge on any atom is 0.232 e. The van der Waals surface area contributed by atoms with Gasteiger partial charge in [0.2, 0.25) is 10.0 Å². The summed E-state index contributed by atoms with van der Waals surface area (Å²) in [7, 11) is -0.0560. The number of ether oxygens (including phenoxy) is 1. The lowest BCUT2D eigenvalue weighted by atomic mass is 10.3. The summed E-state index contributed by atoms with van der Waals surface area (Å²) in [6.07, 6.45) is 0.558. The van der Waals surface area contributed by atoms with E-state index in [0.717, 1.165) is 4.47 Å². The van der Waals surface area contributed by atoms with E-state index >= 15 is 0 Å².